The van der Waals surface area contributed by atoms with Gasteiger partial charge in [-0.3, -0.25) is 4.90 Å². The van der Waals surface area contributed by atoms with Gasteiger partial charge in [-0.25, -0.2) is 23.1 Å². The highest BCUT2D eigenvalue weighted by molar-refractivity contribution is 7.16. The van der Waals surface area contributed by atoms with E-state index in [-0.39, 0.29) is 18.2 Å². The summed E-state index contributed by atoms with van der Waals surface area (Å²) in [7, 11) is 1.40. The lowest BCUT2D eigenvalue weighted by Crippen LogP contribution is -2.37. The first kappa shape index (κ1) is 19.7. The summed E-state index contributed by atoms with van der Waals surface area (Å²) in [6.07, 6.45) is -6.48. The molecule has 0 N–H and O–H groups in total. The van der Waals surface area contributed by atoms with E-state index in [0.29, 0.717) is 11.9 Å². The monoisotopic (exact) mass is 414 g/mol. The molecule has 150 valence electrons. The normalized spacial score (nSPS) is 18.6. The zero-order valence-corrected chi connectivity index (χ0v) is 15.0. The van der Waals surface area contributed by atoms with Crippen molar-refractivity contribution in [1.29, 1.82) is 0 Å². The highest BCUT2D eigenvalue weighted by atomic mass is 32.1. The van der Waals surface area contributed by atoms with Crippen LogP contribution in [0.4, 0.5) is 26.7 Å². The summed E-state index contributed by atoms with van der Waals surface area (Å²) in [6.45, 7) is -0.182. The molecule has 0 bridgehead atoms. The molecule has 1 aliphatic heterocycles. The number of methoxy groups -OCH3 is 1. The fourth-order valence-corrected chi connectivity index (χ4v) is 3.69. The molecule has 1 saturated heterocycles. The Morgan fingerprint density at radius 3 is 2.63 bits per heavy atom. The minimum Gasteiger partial charge on any atom is -0.447 e. The maximum Gasteiger partial charge on any atom is 0.435 e. The summed E-state index contributed by atoms with van der Waals surface area (Å²) in [6, 6.07) is -1.05. The zero-order chi connectivity index (χ0) is 20.0. The highest BCUT2D eigenvalue weighted by Gasteiger charge is 2.43. The van der Waals surface area contributed by atoms with Gasteiger partial charge in [-0.2, -0.15) is 18.3 Å². The fourth-order valence-electron chi connectivity index (χ4n) is 2.81. The van der Waals surface area contributed by atoms with Gasteiger partial charge >= 0.3 is 12.3 Å². The Morgan fingerprint density at radius 2 is 2.04 bits per heavy atom. The number of carbonyl (C=O) groups is 1. The number of imidazole rings is 1. The van der Waals surface area contributed by atoms with Gasteiger partial charge in [0.1, 0.15) is 11.6 Å². The van der Waals surface area contributed by atoms with E-state index >= 15 is 0 Å². The summed E-state index contributed by atoms with van der Waals surface area (Å²) in [5.74, 6) is -3.11. The van der Waals surface area contributed by atoms with E-state index in [1.807, 2.05) is 0 Å². The summed E-state index contributed by atoms with van der Waals surface area (Å²) in [4.78, 5) is 16.3. The Hall–Kier alpha value is -2.02. The molecule has 27 heavy (non-hydrogen) atoms. The van der Waals surface area contributed by atoms with Crippen molar-refractivity contribution in [2.45, 2.75) is 44.6 Å². The summed E-state index contributed by atoms with van der Waals surface area (Å²) in [5.41, 5.74) is -1.63. The largest absolute Gasteiger partial charge is 0.447 e. The molecular formula is C14H15F5N4O3S. The van der Waals surface area contributed by atoms with Crippen LogP contribution in [0.3, 0.4) is 0 Å². The highest BCUT2D eigenvalue weighted by Crippen LogP contribution is 2.35. The number of cyclic esters (lactones) is 1. The maximum absolute atomic E-state index is 13.4. The van der Waals surface area contributed by atoms with Crippen LogP contribution in [0.2, 0.25) is 0 Å². The van der Waals surface area contributed by atoms with E-state index in [2.05, 4.69) is 10.1 Å². The number of nitrogens with zero attached hydrogens (tertiary/aromatic N) is 4. The number of halogens is 5. The van der Waals surface area contributed by atoms with Crippen LogP contribution < -0.4 is 0 Å². The third-order valence-electron chi connectivity index (χ3n) is 3.86. The molecule has 3 rings (SSSR count). The Bertz CT molecular complexity index is 844. The van der Waals surface area contributed by atoms with Crippen molar-refractivity contribution in [3.63, 3.8) is 0 Å². The number of amides is 1. The van der Waals surface area contributed by atoms with Crippen molar-refractivity contribution in [2.75, 3.05) is 13.7 Å². The number of hydrogen-bond donors (Lipinski definition) is 0. The van der Waals surface area contributed by atoms with E-state index in [1.165, 1.54) is 7.11 Å². The summed E-state index contributed by atoms with van der Waals surface area (Å²) in [5, 5.41) is 4.41. The number of fused-ring (bicyclic) bond motifs is 1. The van der Waals surface area contributed by atoms with Crippen molar-refractivity contribution in [3.8, 4) is 0 Å². The first-order valence-corrected chi connectivity index (χ1v) is 8.56. The first-order chi connectivity index (χ1) is 12.5. The lowest BCUT2D eigenvalue weighted by atomic mass is 10.1. The van der Waals surface area contributed by atoms with Crippen LogP contribution in [0.15, 0.2) is 0 Å². The average Bonchev–Trinajstić information content (AvgIpc) is 3.15. The number of hydrogen-bond acceptors (Lipinski definition) is 6. The molecule has 0 radical (unpaired) electrons. The molecule has 3 heterocycles. The number of rotatable bonds is 6. The fraction of sp³-hybridized carbons (Fsp3) is 0.643. The van der Waals surface area contributed by atoms with Gasteiger partial charge in [-0.1, -0.05) is 11.3 Å². The molecular weight excluding hydrogens is 399 g/mol. The van der Waals surface area contributed by atoms with E-state index < -0.39 is 48.6 Å². The van der Waals surface area contributed by atoms with Gasteiger partial charge in [-0.05, 0) is 6.92 Å². The molecule has 0 aliphatic carbocycles. The van der Waals surface area contributed by atoms with E-state index in [0.717, 1.165) is 20.8 Å². The van der Waals surface area contributed by atoms with Gasteiger partial charge in [0.25, 0.3) is 0 Å². The van der Waals surface area contributed by atoms with Crippen molar-refractivity contribution in [2.24, 2.45) is 0 Å². The minimum absolute atomic E-state index is 0.0330. The van der Waals surface area contributed by atoms with E-state index in [4.69, 9.17) is 9.47 Å². The molecule has 1 unspecified atom stereocenters. The summed E-state index contributed by atoms with van der Waals surface area (Å²) < 4.78 is 77.4. The average molecular weight is 414 g/mol. The van der Waals surface area contributed by atoms with Gasteiger partial charge in [-0.15, -0.1) is 0 Å². The first-order valence-electron chi connectivity index (χ1n) is 7.74. The smallest absolute Gasteiger partial charge is 0.435 e. The second-order valence-electron chi connectivity index (χ2n) is 6.16. The predicted molar refractivity (Wildman–Crippen MR) is 82.5 cm³/mol. The lowest BCUT2D eigenvalue weighted by molar-refractivity contribution is -0.141. The lowest BCUT2D eigenvalue weighted by Gasteiger charge is -2.23. The van der Waals surface area contributed by atoms with E-state index in [1.54, 1.807) is 0 Å². The van der Waals surface area contributed by atoms with Gasteiger partial charge in [0.2, 0.25) is 10.9 Å². The molecule has 2 aromatic heterocycles. The molecule has 1 atom stereocenters. The SMILES string of the molecule is COCc1nn2c(CN3C(=O)OCC3CC(C)(F)F)c(C(F)(F)F)nc2s1. The number of carbonyl (C=O) groups excluding carboxylic acids is 1. The molecule has 7 nitrogen and oxygen atoms in total. The molecule has 1 fully saturated rings. The number of ether oxygens (including phenoxy) is 2. The molecule has 1 amide bonds. The topological polar surface area (TPSA) is 69.0 Å². The molecule has 0 spiro atoms. The van der Waals surface area contributed by atoms with Crippen LogP contribution in [0.25, 0.3) is 4.96 Å². The van der Waals surface area contributed by atoms with Gasteiger partial charge < -0.3 is 9.47 Å². The van der Waals surface area contributed by atoms with Crippen molar-refractivity contribution >= 4 is 22.4 Å². The van der Waals surface area contributed by atoms with Crippen molar-refractivity contribution in [3.05, 3.63) is 16.4 Å². The quantitative estimate of drug-likeness (QED) is 0.679. The van der Waals surface area contributed by atoms with Crippen LogP contribution in [-0.4, -0.2) is 51.3 Å². The second kappa shape index (κ2) is 6.86. The van der Waals surface area contributed by atoms with Gasteiger partial charge in [0, 0.05) is 13.5 Å². The third-order valence-corrected chi connectivity index (χ3v) is 4.75. The Morgan fingerprint density at radius 1 is 1.33 bits per heavy atom. The van der Waals surface area contributed by atoms with Crippen LogP contribution in [0, 0.1) is 0 Å². The third kappa shape index (κ3) is 4.13. The second-order valence-corrected chi connectivity index (χ2v) is 7.20. The van der Waals surface area contributed by atoms with Crippen LogP contribution in [0.5, 0.6) is 0 Å². The van der Waals surface area contributed by atoms with Crippen LogP contribution >= 0.6 is 11.3 Å². The summed E-state index contributed by atoms with van der Waals surface area (Å²) >= 11 is 0.904. The molecule has 0 saturated carbocycles. The zero-order valence-electron chi connectivity index (χ0n) is 14.2. The maximum atomic E-state index is 13.4. The number of alkyl halides is 5. The van der Waals surface area contributed by atoms with Crippen molar-refractivity contribution < 1.29 is 36.2 Å². The van der Waals surface area contributed by atoms with Gasteiger partial charge in [0.05, 0.1) is 24.9 Å². The van der Waals surface area contributed by atoms with E-state index in [9.17, 15) is 26.7 Å². The minimum atomic E-state index is -4.79. The van der Waals surface area contributed by atoms with Crippen LogP contribution in [-0.2, 0) is 28.8 Å². The Kier molecular flexibility index (Phi) is 5.01. The predicted octanol–water partition coefficient (Wildman–Crippen LogP) is 3.32. The molecule has 0 aromatic carbocycles. The standard InChI is InChI=1S/C14H15F5N4O3S/c1-13(15,16)3-7-5-26-12(24)22(7)4-8-10(14(17,18)19)20-11-23(8)21-9(27-11)6-25-2/h7H,3-6H2,1-2H3. The van der Waals surface area contributed by atoms with Crippen LogP contribution in [0.1, 0.15) is 29.7 Å². The molecule has 13 heteroatoms. The molecule has 1 aliphatic rings. The van der Waals surface area contributed by atoms with Gasteiger partial charge in [0.15, 0.2) is 5.69 Å². The Labute approximate surface area is 153 Å². The number of aromatic nitrogens is 3. The Balaban J connectivity index is 1.99. The molecule has 2 aromatic rings. The van der Waals surface area contributed by atoms with Crippen molar-refractivity contribution in [1.82, 2.24) is 19.5 Å².